The highest BCUT2D eigenvalue weighted by Gasteiger charge is 2.21. The highest BCUT2D eigenvalue weighted by Crippen LogP contribution is 2.27. The summed E-state index contributed by atoms with van der Waals surface area (Å²) < 4.78 is 5.27. The predicted molar refractivity (Wildman–Crippen MR) is 92.0 cm³/mol. The molecule has 1 N–H and O–H groups in total. The lowest BCUT2D eigenvalue weighted by Crippen LogP contribution is -2.32. The Morgan fingerprint density at radius 1 is 1.19 bits per heavy atom. The van der Waals surface area contributed by atoms with E-state index in [1.807, 2.05) is 11.8 Å². The number of fused-ring (bicyclic) bond motifs is 1. The highest BCUT2D eigenvalue weighted by atomic mass is 32.2. The van der Waals surface area contributed by atoms with Gasteiger partial charge >= 0.3 is 0 Å². The van der Waals surface area contributed by atoms with Crippen LogP contribution >= 0.6 is 11.8 Å². The van der Waals surface area contributed by atoms with Crippen LogP contribution in [0.5, 0.6) is 0 Å². The Morgan fingerprint density at radius 3 is 2.71 bits per heavy atom. The van der Waals surface area contributed by atoms with Gasteiger partial charge in [0.05, 0.1) is 18.5 Å². The van der Waals surface area contributed by atoms with Crippen LogP contribution in [0.2, 0.25) is 0 Å². The van der Waals surface area contributed by atoms with Crippen LogP contribution in [0.15, 0.2) is 42.5 Å². The average Bonchev–Trinajstić information content (AvgIpc) is 2.48. The summed E-state index contributed by atoms with van der Waals surface area (Å²) in [6.07, 6.45) is 1.17. The third kappa shape index (κ3) is 3.79. The Hall–Kier alpha value is -1.03. The second-order valence-corrected chi connectivity index (χ2v) is 6.94. The van der Waals surface area contributed by atoms with Crippen molar-refractivity contribution in [3.05, 3.63) is 48.0 Å². The van der Waals surface area contributed by atoms with Crippen molar-refractivity contribution in [1.82, 2.24) is 5.32 Å². The van der Waals surface area contributed by atoms with Gasteiger partial charge in [-0.15, -0.1) is 0 Å². The molecule has 1 heterocycles. The standard InChI is InChI=1S/C18H23NOS/c1-2-9-19-18(13-21-17-11-20-12-17)16-8-7-14-5-3-4-6-15(14)10-16/h3-8,10,17-19H,2,9,11-13H2,1H3. The molecule has 0 aromatic heterocycles. The van der Waals surface area contributed by atoms with E-state index in [0.717, 1.165) is 25.5 Å². The van der Waals surface area contributed by atoms with Crippen LogP contribution in [0.4, 0.5) is 0 Å². The van der Waals surface area contributed by atoms with Crippen LogP contribution in [0.1, 0.15) is 24.9 Å². The zero-order valence-corrected chi connectivity index (χ0v) is 13.4. The summed E-state index contributed by atoms with van der Waals surface area (Å²) in [7, 11) is 0. The van der Waals surface area contributed by atoms with E-state index in [-0.39, 0.29) is 0 Å². The summed E-state index contributed by atoms with van der Waals surface area (Å²) in [4.78, 5) is 0. The van der Waals surface area contributed by atoms with E-state index >= 15 is 0 Å². The van der Waals surface area contributed by atoms with E-state index in [4.69, 9.17) is 4.74 Å². The van der Waals surface area contributed by atoms with E-state index in [0.29, 0.717) is 11.3 Å². The molecule has 0 amide bonds. The molecule has 112 valence electrons. The molecule has 1 saturated heterocycles. The molecular formula is C18H23NOS. The van der Waals surface area contributed by atoms with Crippen molar-refractivity contribution in [2.45, 2.75) is 24.6 Å². The minimum absolute atomic E-state index is 0.431. The molecule has 21 heavy (non-hydrogen) atoms. The topological polar surface area (TPSA) is 21.3 Å². The lowest BCUT2D eigenvalue weighted by Gasteiger charge is -2.28. The monoisotopic (exact) mass is 301 g/mol. The molecule has 1 aliphatic heterocycles. The molecule has 0 aliphatic carbocycles. The maximum atomic E-state index is 5.27. The van der Waals surface area contributed by atoms with Gasteiger partial charge in [-0.2, -0.15) is 11.8 Å². The Bertz CT molecular complexity index is 582. The first-order valence-corrected chi connectivity index (χ1v) is 8.83. The Kier molecular flexibility index (Phi) is 5.17. The van der Waals surface area contributed by atoms with Crippen LogP contribution in [0.3, 0.4) is 0 Å². The fourth-order valence-corrected chi connectivity index (χ4v) is 3.72. The number of rotatable bonds is 7. The molecule has 1 fully saturated rings. The van der Waals surface area contributed by atoms with Gasteiger partial charge in [-0.25, -0.2) is 0 Å². The van der Waals surface area contributed by atoms with Crippen LogP contribution in [-0.4, -0.2) is 30.8 Å². The molecule has 2 nitrogen and oxygen atoms in total. The van der Waals surface area contributed by atoms with Gasteiger partial charge in [0, 0.05) is 11.8 Å². The summed E-state index contributed by atoms with van der Waals surface area (Å²) in [5.74, 6) is 1.12. The first-order valence-electron chi connectivity index (χ1n) is 7.78. The third-order valence-corrected chi connectivity index (χ3v) is 5.19. The van der Waals surface area contributed by atoms with Crippen molar-refractivity contribution in [3.63, 3.8) is 0 Å². The normalized spacial score (nSPS) is 16.8. The van der Waals surface area contributed by atoms with Gasteiger partial charge in [0.2, 0.25) is 0 Å². The second kappa shape index (κ2) is 7.30. The molecule has 3 heteroatoms. The number of hydrogen-bond acceptors (Lipinski definition) is 3. The minimum Gasteiger partial charge on any atom is -0.379 e. The number of ether oxygens (including phenoxy) is 1. The van der Waals surface area contributed by atoms with Crippen molar-refractivity contribution in [3.8, 4) is 0 Å². The van der Waals surface area contributed by atoms with Crippen molar-refractivity contribution >= 4 is 22.5 Å². The Labute approximate surface area is 131 Å². The molecule has 1 atom stereocenters. The van der Waals surface area contributed by atoms with E-state index in [1.54, 1.807) is 0 Å². The smallest absolute Gasteiger partial charge is 0.0607 e. The number of benzene rings is 2. The summed E-state index contributed by atoms with van der Waals surface area (Å²) in [6, 6.07) is 15.9. The van der Waals surface area contributed by atoms with Gasteiger partial charge in [-0.05, 0) is 35.4 Å². The molecule has 0 bridgehead atoms. The van der Waals surface area contributed by atoms with Gasteiger partial charge in [0.1, 0.15) is 0 Å². The molecule has 0 saturated carbocycles. The van der Waals surface area contributed by atoms with Gasteiger partial charge in [0.15, 0.2) is 0 Å². The maximum Gasteiger partial charge on any atom is 0.0607 e. The molecular weight excluding hydrogens is 278 g/mol. The fourth-order valence-electron chi connectivity index (χ4n) is 2.56. The first kappa shape index (κ1) is 14.9. The minimum atomic E-state index is 0.431. The number of nitrogens with one attached hydrogen (secondary N) is 1. The lowest BCUT2D eigenvalue weighted by molar-refractivity contribution is 0.0455. The fraction of sp³-hybridized carbons (Fsp3) is 0.444. The van der Waals surface area contributed by atoms with Gasteiger partial charge in [-0.1, -0.05) is 43.3 Å². The lowest BCUT2D eigenvalue weighted by atomic mass is 10.0. The van der Waals surface area contributed by atoms with Crippen LogP contribution in [-0.2, 0) is 4.74 Å². The summed E-state index contributed by atoms with van der Waals surface area (Å²) in [5.41, 5.74) is 1.40. The van der Waals surface area contributed by atoms with Gasteiger partial charge in [0.25, 0.3) is 0 Å². The van der Waals surface area contributed by atoms with Crippen LogP contribution in [0.25, 0.3) is 10.8 Å². The van der Waals surface area contributed by atoms with Crippen molar-refractivity contribution < 1.29 is 4.74 Å². The molecule has 2 aromatic rings. The Morgan fingerprint density at radius 2 is 2.00 bits per heavy atom. The third-order valence-electron chi connectivity index (χ3n) is 3.92. The van der Waals surface area contributed by atoms with Crippen molar-refractivity contribution in [2.75, 3.05) is 25.5 Å². The number of hydrogen-bond donors (Lipinski definition) is 1. The Balaban J connectivity index is 1.74. The maximum absolute atomic E-state index is 5.27. The summed E-state index contributed by atoms with van der Waals surface area (Å²) >= 11 is 2.03. The molecule has 2 aromatic carbocycles. The van der Waals surface area contributed by atoms with E-state index in [2.05, 4.69) is 54.7 Å². The zero-order chi connectivity index (χ0) is 14.5. The zero-order valence-electron chi connectivity index (χ0n) is 12.5. The average molecular weight is 301 g/mol. The molecule has 0 spiro atoms. The predicted octanol–water partition coefficient (Wildman–Crippen LogP) is 4.01. The summed E-state index contributed by atoms with van der Waals surface area (Å²) in [5, 5.41) is 7.03. The van der Waals surface area contributed by atoms with Crippen molar-refractivity contribution in [2.24, 2.45) is 0 Å². The largest absolute Gasteiger partial charge is 0.379 e. The molecule has 1 aliphatic rings. The van der Waals surface area contributed by atoms with Crippen LogP contribution < -0.4 is 5.32 Å². The number of thioether (sulfide) groups is 1. The van der Waals surface area contributed by atoms with Gasteiger partial charge < -0.3 is 10.1 Å². The van der Waals surface area contributed by atoms with E-state index in [9.17, 15) is 0 Å². The summed E-state index contributed by atoms with van der Waals surface area (Å²) in [6.45, 7) is 5.13. The van der Waals surface area contributed by atoms with Crippen LogP contribution in [0, 0.1) is 0 Å². The second-order valence-electron chi connectivity index (χ2n) is 5.61. The van der Waals surface area contributed by atoms with Crippen molar-refractivity contribution in [1.29, 1.82) is 0 Å². The molecule has 3 rings (SSSR count). The van der Waals surface area contributed by atoms with E-state index in [1.165, 1.54) is 22.8 Å². The van der Waals surface area contributed by atoms with E-state index < -0.39 is 0 Å². The SMILES string of the molecule is CCCNC(CSC1COC1)c1ccc2ccccc2c1. The highest BCUT2D eigenvalue weighted by molar-refractivity contribution is 8.00. The van der Waals surface area contributed by atoms with Gasteiger partial charge in [-0.3, -0.25) is 0 Å². The quantitative estimate of drug-likeness (QED) is 0.835. The molecule has 1 unspecified atom stereocenters. The first-order chi connectivity index (χ1) is 10.4. The molecule has 0 radical (unpaired) electrons.